The van der Waals surface area contributed by atoms with E-state index in [0.717, 1.165) is 5.56 Å². The van der Waals surface area contributed by atoms with Crippen LogP contribution >= 0.6 is 23.2 Å². The lowest BCUT2D eigenvalue weighted by Gasteiger charge is -2.11. The highest BCUT2D eigenvalue weighted by molar-refractivity contribution is 6.35. The lowest BCUT2D eigenvalue weighted by Crippen LogP contribution is -2.13. The molecule has 34 heavy (non-hydrogen) atoms. The number of carbonyl (C=O) groups is 2. The summed E-state index contributed by atoms with van der Waals surface area (Å²) in [5.41, 5.74) is 1.98. The molecule has 0 heterocycles. The van der Waals surface area contributed by atoms with Gasteiger partial charge in [0, 0.05) is 26.9 Å². The summed E-state index contributed by atoms with van der Waals surface area (Å²) in [5.74, 6) is -0.565. The van der Waals surface area contributed by atoms with Crippen molar-refractivity contribution >= 4 is 46.8 Å². The first kappa shape index (κ1) is 24.8. The van der Waals surface area contributed by atoms with Gasteiger partial charge >= 0.3 is 5.97 Å². The van der Waals surface area contributed by atoms with Crippen molar-refractivity contribution in [1.29, 1.82) is 5.26 Å². The van der Waals surface area contributed by atoms with Gasteiger partial charge < -0.3 is 14.8 Å². The normalized spacial score (nSPS) is 10.8. The number of benzene rings is 3. The molecule has 0 atom stereocenters. The number of hydrogen-bond donors (Lipinski definition) is 1. The monoisotopic (exact) mass is 494 g/mol. The molecule has 0 spiro atoms. The number of anilines is 1. The Morgan fingerprint density at radius 2 is 1.79 bits per heavy atom. The number of halogens is 2. The maximum atomic E-state index is 12.7. The van der Waals surface area contributed by atoms with Crippen LogP contribution < -0.4 is 10.1 Å². The second kappa shape index (κ2) is 11.9. The lowest BCUT2D eigenvalue weighted by atomic mass is 10.1. The smallest absolute Gasteiger partial charge is 0.338 e. The number of para-hydroxylation sites is 1. The lowest BCUT2D eigenvalue weighted by molar-refractivity contribution is -0.112. The number of hydrogen-bond acceptors (Lipinski definition) is 5. The van der Waals surface area contributed by atoms with Crippen molar-refractivity contribution in [3.05, 3.63) is 99.0 Å². The first-order valence-corrected chi connectivity index (χ1v) is 11.0. The van der Waals surface area contributed by atoms with E-state index < -0.39 is 11.9 Å². The summed E-state index contributed by atoms with van der Waals surface area (Å²) in [7, 11) is 0. The van der Waals surface area contributed by atoms with E-state index in [2.05, 4.69) is 5.32 Å². The zero-order valence-corrected chi connectivity index (χ0v) is 19.7. The third kappa shape index (κ3) is 6.61. The van der Waals surface area contributed by atoms with Crippen molar-refractivity contribution in [3.63, 3.8) is 0 Å². The van der Waals surface area contributed by atoms with Gasteiger partial charge in [0.2, 0.25) is 0 Å². The van der Waals surface area contributed by atoms with Gasteiger partial charge in [0.05, 0.1) is 12.2 Å². The van der Waals surface area contributed by atoms with Crippen LogP contribution in [0.4, 0.5) is 5.69 Å². The molecule has 3 aromatic rings. The van der Waals surface area contributed by atoms with E-state index in [1.54, 1.807) is 61.5 Å². The number of nitrogens with zero attached hydrogens (tertiary/aromatic N) is 1. The molecule has 1 amide bonds. The maximum Gasteiger partial charge on any atom is 0.338 e. The molecule has 0 radical (unpaired) electrons. The van der Waals surface area contributed by atoms with E-state index in [0.29, 0.717) is 32.6 Å². The van der Waals surface area contributed by atoms with Gasteiger partial charge in [-0.15, -0.1) is 0 Å². The van der Waals surface area contributed by atoms with Gasteiger partial charge in [0.1, 0.15) is 24.0 Å². The minimum Gasteiger partial charge on any atom is -0.488 e. The summed E-state index contributed by atoms with van der Waals surface area (Å²) in [6.45, 7) is 2.17. The molecule has 0 saturated carbocycles. The van der Waals surface area contributed by atoms with Crippen molar-refractivity contribution < 1.29 is 19.1 Å². The standard InChI is InChI=1S/C26H20Cl2N2O4/c1-2-33-26(32)17-8-11-22(12-9-17)30-25(31)20(15-29)13-18-5-3-4-6-24(18)34-16-19-7-10-21(27)14-23(19)28/h3-14H,2,16H2,1H3,(H,30,31)/b20-13+. The number of amides is 1. The molecule has 0 aromatic heterocycles. The van der Waals surface area contributed by atoms with E-state index in [9.17, 15) is 14.9 Å². The summed E-state index contributed by atoms with van der Waals surface area (Å²) in [4.78, 5) is 24.4. The quantitative estimate of drug-likeness (QED) is 0.225. The molecule has 3 rings (SSSR count). The summed E-state index contributed by atoms with van der Waals surface area (Å²) in [5, 5.41) is 13.2. The first-order valence-electron chi connectivity index (χ1n) is 10.3. The molecule has 0 aliphatic rings. The third-order valence-corrected chi connectivity index (χ3v) is 5.22. The zero-order chi connectivity index (χ0) is 24.5. The van der Waals surface area contributed by atoms with E-state index >= 15 is 0 Å². The molecule has 0 bridgehead atoms. The topological polar surface area (TPSA) is 88.4 Å². The summed E-state index contributed by atoms with van der Waals surface area (Å²) < 4.78 is 10.8. The molecule has 0 aliphatic carbocycles. The number of carbonyl (C=O) groups excluding carboxylic acids is 2. The predicted octanol–water partition coefficient (Wildman–Crippen LogP) is 6.29. The summed E-state index contributed by atoms with van der Waals surface area (Å²) >= 11 is 12.1. The van der Waals surface area contributed by atoms with Crippen molar-refractivity contribution in [3.8, 4) is 11.8 Å². The first-order chi connectivity index (χ1) is 16.4. The molecular weight excluding hydrogens is 475 g/mol. The van der Waals surface area contributed by atoms with Crippen molar-refractivity contribution in [1.82, 2.24) is 0 Å². The third-order valence-electron chi connectivity index (χ3n) is 4.64. The largest absolute Gasteiger partial charge is 0.488 e. The molecule has 0 fully saturated rings. The van der Waals surface area contributed by atoms with Crippen LogP contribution in [0.25, 0.3) is 6.08 Å². The van der Waals surface area contributed by atoms with E-state index in [-0.39, 0.29) is 18.8 Å². The molecule has 8 heteroatoms. The Morgan fingerprint density at radius 1 is 1.06 bits per heavy atom. The van der Waals surface area contributed by atoms with Gasteiger partial charge in [-0.1, -0.05) is 47.5 Å². The average molecular weight is 495 g/mol. The van der Waals surface area contributed by atoms with Crippen LogP contribution in [0.2, 0.25) is 10.0 Å². The van der Waals surface area contributed by atoms with Gasteiger partial charge in [-0.25, -0.2) is 4.79 Å². The highest BCUT2D eigenvalue weighted by Crippen LogP contribution is 2.26. The Labute approximate surface area is 207 Å². The van der Waals surface area contributed by atoms with Crippen LogP contribution in [0, 0.1) is 11.3 Å². The van der Waals surface area contributed by atoms with Crippen molar-refractivity contribution in [2.75, 3.05) is 11.9 Å². The minimum atomic E-state index is -0.595. The van der Waals surface area contributed by atoms with Crippen molar-refractivity contribution in [2.24, 2.45) is 0 Å². The fourth-order valence-electron chi connectivity index (χ4n) is 2.93. The fraction of sp³-hybridized carbons (Fsp3) is 0.115. The molecule has 172 valence electrons. The molecule has 1 N–H and O–H groups in total. The number of esters is 1. The van der Waals surface area contributed by atoms with Crippen LogP contribution in [0.15, 0.2) is 72.3 Å². The second-order valence-corrected chi connectivity index (χ2v) is 7.83. The van der Waals surface area contributed by atoms with E-state index in [1.807, 2.05) is 6.07 Å². The van der Waals surface area contributed by atoms with Gasteiger partial charge in [0.25, 0.3) is 5.91 Å². The highest BCUT2D eigenvalue weighted by atomic mass is 35.5. The molecule has 0 unspecified atom stereocenters. The minimum absolute atomic E-state index is 0.116. The van der Waals surface area contributed by atoms with Crippen LogP contribution in [0.3, 0.4) is 0 Å². The van der Waals surface area contributed by atoms with Gasteiger partial charge in [-0.3, -0.25) is 4.79 Å². The Bertz CT molecular complexity index is 1260. The molecular formula is C26H20Cl2N2O4. The Morgan fingerprint density at radius 3 is 2.47 bits per heavy atom. The Hall–Kier alpha value is -3.79. The van der Waals surface area contributed by atoms with Crippen LogP contribution in [0.1, 0.15) is 28.4 Å². The van der Waals surface area contributed by atoms with Gasteiger partial charge in [0.15, 0.2) is 0 Å². The zero-order valence-electron chi connectivity index (χ0n) is 18.2. The van der Waals surface area contributed by atoms with Crippen LogP contribution in [-0.4, -0.2) is 18.5 Å². The van der Waals surface area contributed by atoms with Crippen LogP contribution in [0.5, 0.6) is 5.75 Å². The summed E-state index contributed by atoms with van der Waals surface area (Å²) in [6, 6.07) is 20.3. The number of nitrogens with one attached hydrogen (secondary N) is 1. The Balaban J connectivity index is 1.74. The van der Waals surface area contributed by atoms with E-state index in [1.165, 1.54) is 18.2 Å². The number of rotatable bonds is 8. The molecule has 3 aromatic carbocycles. The van der Waals surface area contributed by atoms with Gasteiger partial charge in [-0.05, 0) is 55.5 Å². The Kier molecular flexibility index (Phi) is 8.69. The average Bonchev–Trinajstić information content (AvgIpc) is 2.83. The molecule has 0 aliphatic heterocycles. The molecule has 6 nitrogen and oxygen atoms in total. The highest BCUT2D eigenvalue weighted by Gasteiger charge is 2.13. The number of ether oxygens (including phenoxy) is 2. The second-order valence-electron chi connectivity index (χ2n) is 6.98. The number of nitriles is 1. The van der Waals surface area contributed by atoms with Gasteiger partial charge in [-0.2, -0.15) is 5.26 Å². The van der Waals surface area contributed by atoms with Crippen LogP contribution in [-0.2, 0) is 16.1 Å². The SMILES string of the molecule is CCOC(=O)c1ccc(NC(=O)/C(C#N)=C/c2ccccc2OCc2ccc(Cl)cc2Cl)cc1. The summed E-state index contributed by atoms with van der Waals surface area (Å²) in [6.07, 6.45) is 1.45. The fourth-order valence-corrected chi connectivity index (χ4v) is 3.40. The molecule has 0 saturated heterocycles. The van der Waals surface area contributed by atoms with Crippen molar-refractivity contribution in [2.45, 2.75) is 13.5 Å². The maximum absolute atomic E-state index is 12.7. The van der Waals surface area contributed by atoms with E-state index in [4.69, 9.17) is 32.7 Å². The predicted molar refractivity (Wildman–Crippen MR) is 132 cm³/mol.